The summed E-state index contributed by atoms with van der Waals surface area (Å²) in [5.41, 5.74) is 3.69. The van der Waals surface area contributed by atoms with Gasteiger partial charge in [0.1, 0.15) is 17.7 Å². The second kappa shape index (κ2) is 9.44. The summed E-state index contributed by atoms with van der Waals surface area (Å²) in [6.45, 7) is 2.93. The van der Waals surface area contributed by atoms with Gasteiger partial charge in [-0.2, -0.15) is 10.2 Å². The fraction of sp³-hybridized carbons (Fsp3) is 0.269. The van der Waals surface area contributed by atoms with Crippen LogP contribution in [0.3, 0.4) is 0 Å². The average molecular weight is 472 g/mol. The van der Waals surface area contributed by atoms with Crippen molar-refractivity contribution in [1.29, 1.82) is 0 Å². The van der Waals surface area contributed by atoms with Crippen LogP contribution in [0, 0.1) is 5.82 Å². The predicted molar refractivity (Wildman–Crippen MR) is 132 cm³/mol. The Morgan fingerprint density at radius 2 is 1.94 bits per heavy atom. The maximum atomic E-state index is 13.7. The summed E-state index contributed by atoms with van der Waals surface area (Å²) in [5.74, 6) is 1.09. The van der Waals surface area contributed by atoms with Gasteiger partial charge in [0.05, 0.1) is 24.8 Å². The number of piperidine rings is 1. The molecule has 35 heavy (non-hydrogen) atoms. The third-order valence-electron chi connectivity index (χ3n) is 6.41. The lowest BCUT2D eigenvalue weighted by Crippen LogP contribution is -2.32. The summed E-state index contributed by atoms with van der Waals surface area (Å²) in [5, 5.41) is 16.9. The number of anilines is 2. The SMILES string of the molecule is Fc1cccc(Cn2nc(Nc3ncnn4ccc(COC5CCNCC5)c34)c3ccccc32)c1. The zero-order valence-corrected chi connectivity index (χ0v) is 19.2. The van der Waals surface area contributed by atoms with Gasteiger partial charge in [0.2, 0.25) is 0 Å². The van der Waals surface area contributed by atoms with Crippen LogP contribution in [0.15, 0.2) is 67.1 Å². The van der Waals surface area contributed by atoms with Crippen molar-refractivity contribution in [2.75, 3.05) is 18.4 Å². The average Bonchev–Trinajstić information content (AvgIpc) is 3.46. The molecule has 8 nitrogen and oxygen atoms in total. The number of ether oxygens (including phenoxy) is 1. The van der Waals surface area contributed by atoms with Crippen LogP contribution in [0.5, 0.6) is 0 Å². The summed E-state index contributed by atoms with van der Waals surface area (Å²) in [4.78, 5) is 4.53. The molecule has 0 unspecified atom stereocenters. The lowest BCUT2D eigenvalue weighted by atomic mass is 10.1. The molecule has 9 heteroatoms. The molecular weight excluding hydrogens is 445 g/mol. The van der Waals surface area contributed by atoms with Crippen molar-refractivity contribution in [2.24, 2.45) is 0 Å². The quantitative estimate of drug-likeness (QED) is 0.369. The van der Waals surface area contributed by atoms with E-state index in [2.05, 4.69) is 20.7 Å². The molecule has 178 valence electrons. The minimum Gasteiger partial charge on any atom is -0.373 e. The Balaban J connectivity index is 1.32. The summed E-state index contributed by atoms with van der Waals surface area (Å²) in [6.07, 6.45) is 5.74. The standard InChI is InChI=1S/C26H26FN7O/c27-20-5-3-4-18(14-20)15-34-23-7-2-1-6-22(23)25(32-34)31-26-24-19(10-13-33(24)30-17-29-26)16-35-21-8-11-28-12-9-21/h1-7,10,13-14,17,21,28H,8-9,11-12,15-16H2,(H,29,30,31,32). The summed E-state index contributed by atoms with van der Waals surface area (Å²) in [6, 6.07) is 16.6. The predicted octanol–water partition coefficient (Wildman–Crippen LogP) is 4.28. The smallest absolute Gasteiger partial charge is 0.161 e. The maximum Gasteiger partial charge on any atom is 0.161 e. The van der Waals surface area contributed by atoms with Gasteiger partial charge in [-0.15, -0.1) is 0 Å². The molecule has 4 heterocycles. The van der Waals surface area contributed by atoms with E-state index >= 15 is 0 Å². The second-order valence-electron chi connectivity index (χ2n) is 8.78. The van der Waals surface area contributed by atoms with Crippen LogP contribution in [-0.2, 0) is 17.9 Å². The molecule has 6 rings (SSSR count). The monoisotopic (exact) mass is 471 g/mol. The first-order valence-electron chi connectivity index (χ1n) is 11.9. The van der Waals surface area contributed by atoms with Crippen molar-refractivity contribution in [1.82, 2.24) is 29.7 Å². The van der Waals surface area contributed by atoms with E-state index in [4.69, 9.17) is 9.84 Å². The highest BCUT2D eigenvalue weighted by Gasteiger charge is 2.18. The van der Waals surface area contributed by atoms with Crippen molar-refractivity contribution in [3.05, 3.63) is 84.1 Å². The van der Waals surface area contributed by atoms with Gasteiger partial charge in [-0.1, -0.05) is 24.3 Å². The lowest BCUT2D eigenvalue weighted by molar-refractivity contribution is 0.0218. The van der Waals surface area contributed by atoms with Gasteiger partial charge >= 0.3 is 0 Å². The number of para-hydroxylation sites is 1. The molecule has 1 aliphatic heterocycles. The van der Waals surface area contributed by atoms with Gasteiger partial charge in [-0.05, 0) is 61.8 Å². The molecule has 1 saturated heterocycles. The molecule has 5 aromatic rings. The van der Waals surface area contributed by atoms with E-state index in [-0.39, 0.29) is 11.9 Å². The first kappa shape index (κ1) is 21.7. The van der Waals surface area contributed by atoms with E-state index in [1.807, 2.05) is 51.8 Å². The fourth-order valence-electron chi connectivity index (χ4n) is 4.66. The van der Waals surface area contributed by atoms with Crippen LogP contribution in [0.25, 0.3) is 16.4 Å². The molecule has 1 aliphatic rings. The zero-order valence-electron chi connectivity index (χ0n) is 19.2. The van der Waals surface area contributed by atoms with Gasteiger partial charge in [0.25, 0.3) is 0 Å². The minimum absolute atomic E-state index is 0.256. The van der Waals surface area contributed by atoms with Gasteiger partial charge in [0, 0.05) is 17.1 Å². The second-order valence-corrected chi connectivity index (χ2v) is 8.78. The van der Waals surface area contributed by atoms with E-state index < -0.39 is 0 Å². The number of fused-ring (bicyclic) bond motifs is 2. The van der Waals surface area contributed by atoms with Crippen LogP contribution in [0.1, 0.15) is 24.0 Å². The summed E-state index contributed by atoms with van der Waals surface area (Å²) < 4.78 is 23.6. The maximum absolute atomic E-state index is 13.7. The molecular formula is C26H26FN7O. The Morgan fingerprint density at radius 3 is 2.83 bits per heavy atom. The third-order valence-corrected chi connectivity index (χ3v) is 6.41. The first-order valence-corrected chi connectivity index (χ1v) is 11.9. The number of nitrogens with zero attached hydrogens (tertiary/aromatic N) is 5. The topological polar surface area (TPSA) is 81.3 Å². The van der Waals surface area contributed by atoms with E-state index in [0.29, 0.717) is 24.8 Å². The molecule has 3 aromatic heterocycles. The number of benzene rings is 2. The van der Waals surface area contributed by atoms with E-state index in [9.17, 15) is 4.39 Å². The molecule has 2 aromatic carbocycles. The van der Waals surface area contributed by atoms with Gasteiger partial charge in [-0.25, -0.2) is 13.9 Å². The van der Waals surface area contributed by atoms with Crippen LogP contribution in [-0.4, -0.2) is 43.6 Å². The first-order chi connectivity index (χ1) is 17.2. The normalized spacial score (nSPS) is 14.7. The van der Waals surface area contributed by atoms with Crippen molar-refractivity contribution >= 4 is 28.1 Å². The Bertz CT molecular complexity index is 1470. The fourth-order valence-corrected chi connectivity index (χ4v) is 4.66. The van der Waals surface area contributed by atoms with Crippen LogP contribution < -0.4 is 10.6 Å². The largest absolute Gasteiger partial charge is 0.373 e. The minimum atomic E-state index is -0.256. The Hall–Kier alpha value is -3.82. The lowest BCUT2D eigenvalue weighted by Gasteiger charge is -2.22. The number of hydrogen-bond donors (Lipinski definition) is 2. The van der Waals surface area contributed by atoms with Crippen LogP contribution in [0.4, 0.5) is 16.0 Å². The van der Waals surface area contributed by atoms with Crippen LogP contribution in [0.2, 0.25) is 0 Å². The Labute approximate surface area is 201 Å². The molecule has 0 atom stereocenters. The van der Waals surface area contributed by atoms with Gasteiger partial charge in [-0.3, -0.25) is 4.68 Å². The van der Waals surface area contributed by atoms with Gasteiger partial charge < -0.3 is 15.4 Å². The van der Waals surface area contributed by atoms with Crippen molar-refractivity contribution in [2.45, 2.75) is 32.1 Å². The molecule has 0 amide bonds. The molecule has 1 fully saturated rings. The molecule has 2 N–H and O–H groups in total. The highest BCUT2D eigenvalue weighted by Crippen LogP contribution is 2.29. The summed E-state index contributed by atoms with van der Waals surface area (Å²) in [7, 11) is 0. The highest BCUT2D eigenvalue weighted by molar-refractivity contribution is 5.93. The molecule has 0 spiro atoms. The number of halogens is 1. The van der Waals surface area contributed by atoms with Crippen LogP contribution >= 0.6 is 0 Å². The number of hydrogen-bond acceptors (Lipinski definition) is 6. The van der Waals surface area contributed by atoms with E-state index in [1.54, 1.807) is 6.07 Å². The highest BCUT2D eigenvalue weighted by atomic mass is 19.1. The van der Waals surface area contributed by atoms with Crippen molar-refractivity contribution < 1.29 is 9.13 Å². The Morgan fingerprint density at radius 1 is 1.06 bits per heavy atom. The number of nitrogens with one attached hydrogen (secondary N) is 2. The molecule has 0 bridgehead atoms. The number of aromatic nitrogens is 5. The molecule has 0 aliphatic carbocycles. The van der Waals surface area contributed by atoms with E-state index in [0.717, 1.165) is 53.5 Å². The third kappa shape index (κ3) is 4.48. The van der Waals surface area contributed by atoms with Gasteiger partial charge in [0.15, 0.2) is 11.6 Å². The molecule has 0 radical (unpaired) electrons. The van der Waals surface area contributed by atoms with Crippen molar-refractivity contribution in [3.63, 3.8) is 0 Å². The summed E-state index contributed by atoms with van der Waals surface area (Å²) >= 11 is 0. The number of rotatable bonds is 7. The van der Waals surface area contributed by atoms with Crippen molar-refractivity contribution in [3.8, 4) is 0 Å². The molecule has 0 saturated carbocycles. The Kier molecular flexibility index (Phi) is 5.85. The zero-order chi connectivity index (χ0) is 23.6. The van der Waals surface area contributed by atoms with E-state index in [1.165, 1.54) is 18.5 Å².